The molecular formula is C25H31N3O4. The van der Waals surface area contributed by atoms with Crippen LogP contribution in [0.25, 0.3) is 11.1 Å². The lowest BCUT2D eigenvalue weighted by Crippen LogP contribution is -2.47. The number of likely N-dealkylation sites (tertiary alicyclic amines) is 1. The Kier molecular flexibility index (Phi) is 6.04. The number of hydrogen-bond donors (Lipinski definition) is 2. The molecule has 0 radical (unpaired) electrons. The molecule has 32 heavy (non-hydrogen) atoms. The van der Waals surface area contributed by atoms with Crippen LogP contribution in [0, 0.1) is 5.92 Å². The number of anilines is 1. The van der Waals surface area contributed by atoms with E-state index in [-0.39, 0.29) is 30.5 Å². The smallest absolute Gasteiger partial charge is 0.237 e. The number of ether oxygens (including phenoxy) is 2. The third-order valence-electron chi connectivity index (χ3n) is 7.08. The molecule has 0 bridgehead atoms. The van der Waals surface area contributed by atoms with Gasteiger partial charge in [0.15, 0.2) is 0 Å². The van der Waals surface area contributed by atoms with Gasteiger partial charge in [-0.25, -0.2) is 0 Å². The van der Waals surface area contributed by atoms with Crippen LogP contribution < -0.4 is 10.1 Å². The Bertz CT molecular complexity index is 958. The average Bonchev–Trinajstić information content (AvgIpc) is 3.30. The highest BCUT2D eigenvalue weighted by molar-refractivity contribution is 5.80. The molecule has 2 N–H and O–H groups in total. The predicted octanol–water partition coefficient (Wildman–Crippen LogP) is 2.37. The third-order valence-corrected chi connectivity index (χ3v) is 7.08. The molecule has 3 atom stereocenters. The summed E-state index contributed by atoms with van der Waals surface area (Å²) < 4.78 is 10.7. The van der Waals surface area contributed by atoms with Crippen LogP contribution in [0.2, 0.25) is 0 Å². The van der Waals surface area contributed by atoms with Gasteiger partial charge >= 0.3 is 0 Å². The molecule has 7 nitrogen and oxygen atoms in total. The van der Waals surface area contributed by atoms with Crippen molar-refractivity contribution < 1.29 is 19.4 Å². The van der Waals surface area contributed by atoms with Gasteiger partial charge in [0, 0.05) is 31.2 Å². The highest BCUT2D eigenvalue weighted by atomic mass is 16.5. The summed E-state index contributed by atoms with van der Waals surface area (Å²) in [4.78, 5) is 17.6. The van der Waals surface area contributed by atoms with Gasteiger partial charge in [0.05, 0.1) is 45.6 Å². The van der Waals surface area contributed by atoms with E-state index in [9.17, 15) is 9.90 Å². The first-order valence-electron chi connectivity index (χ1n) is 11.4. The number of aliphatic hydroxyl groups is 1. The van der Waals surface area contributed by atoms with E-state index >= 15 is 0 Å². The Balaban J connectivity index is 1.45. The first-order valence-corrected chi connectivity index (χ1v) is 11.4. The van der Waals surface area contributed by atoms with E-state index in [1.54, 1.807) is 7.11 Å². The summed E-state index contributed by atoms with van der Waals surface area (Å²) in [6, 6.07) is 14.4. The summed E-state index contributed by atoms with van der Waals surface area (Å²) in [5, 5.41) is 13.6. The molecule has 2 aromatic carbocycles. The Morgan fingerprint density at radius 2 is 1.88 bits per heavy atom. The van der Waals surface area contributed by atoms with Crippen LogP contribution in [0.3, 0.4) is 0 Å². The van der Waals surface area contributed by atoms with Crippen LogP contribution in [-0.2, 0) is 9.53 Å². The molecular weight excluding hydrogens is 406 g/mol. The molecule has 3 heterocycles. The maximum absolute atomic E-state index is 13.3. The fourth-order valence-electron chi connectivity index (χ4n) is 5.35. The summed E-state index contributed by atoms with van der Waals surface area (Å²) in [6.07, 6.45) is 0.893. The summed E-state index contributed by atoms with van der Waals surface area (Å²) in [7, 11) is 1.67. The molecule has 2 aromatic rings. The first kappa shape index (κ1) is 21.2. The van der Waals surface area contributed by atoms with Gasteiger partial charge in [0.2, 0.25) is 5.91 Å². The monoisotopic (exact) mass is 437 g/mol. The number of carbonyl (C=O) groups is 1. The van der Waals surface area contributed by atoms with E-state index in [1.807, 2.05) is 17.0 Å². The summed E-state index contributed by atoms with van der Waals surface area (Å²) in [6.45, 7) is 4.18. The highest BCUT2D eigenvalue weighted by Gasteiger charge is 2.45. The number of aliphatic hydroxyl groups excluding tert-OH is 1. The number of morpholine rings is 1. The van der Waals surface area contributed by atoms with Gasteiger partial charge in [0.1, 0.15) is 5.75 Å². The van der Waals surface area contributed by atoms with E-state index in [0.717, 1.165) is 54.2 Å². The maximum atomic E-state index is 13.3. The van der Waals surface area contributed by atoms with E-state index in [1.165, 1.54) is 0 Å². The third kappa shape index (κ3) is 3.96. The van der Waals surface area contributed by atoms with Crippen molar-refractivity contribution in [1.29, 1.82) is 0 Å². The molecule has 2 fully saturated rings. The molecule has 2 saturated heterocycles. The molecule has 1 amide bonds. The van der Waals surface area contributed by atoms with Gasteiger partial charge in [-0.2, -0.15) is 0 Å². The number of nitrogens with zero attached hydrogens (tertiary/aromatic N) is 2. The predicted molar refractivity (Wildman–Crippen MR) is 123 cm³/mol. The van der Waals surface area contributed by atoms with Crippen molar-refractivity contribution in [3.8, 4) is 16.9 Å². The zero-order valence-electron chi connectivity index (χ0n) is 18.5. The zero-order valence-corrected chi connectivity index (χ0v) is 18.5. The maximum Gasteiger partial charge on any atom is 0.237 e. The van der Waals surface area contributed by atoms with Crippen molar-refractivity contribution in [1.82, 2.24) is 9.80 Å². The number of rotatable bonds is 5. The lowest BCUT2D eigenvalue weighted by Gasteiger charge is -2.40. The van der Waals surface area contributed by atoms with E-state index in [4.69, 9.17) is 9.47 Å². The largest absolute Gasteiger partial charge is 0.497 e. The fraction of sp³-hybridized carbons (Fsp3) is 0.480. The van der Waals surface area contributed by atoms with Gasteiger partial charge in [-0.05, 0) is 47.4 Å². The highest BCUT2D eigenvalue weighted by Crippen LogP contribution is 2.47. The van der Waals surface area contributed by atoms with Crippen LogP contribution >= 0.6 is 0 Å². The molecule has 0 aromatic heterocycles. The number of fused-ring (bicyclic) bond motifs is 3. The normalized spacial score (nSPS) is 25.1. The number of methoxy groups -OCH3 is 1. The molecule has 0 unspecified atom stereocenters. The SMILES string of the molecule is COc1ccc(-c2ccc3c(c2)[C@@H]2[C@@H](CCN2C(=O)CN2CCOCC2)[C@H](CO)N3)cc1. The van der Waals surface area contributed by atoms with Crippen molar-refractivity contribution in [2.75, 3.05) is 58.4 Å². The zero-order chi connectivity index (χ0) is 22.1. The molecule has 170 valence electrons. The Labute approximate surface area is 188 Å². The second kappa shape index (κ2) is 9.10. The second-order valence-corrected chi connectivity index (χ2v) is 8.84. The minimum absolute atomic E-state index is 0.0184. The molecule has 3 aliphatic rings. The average molecular weight is 438 g/mol. The van der Waals surface area contributed by atoms with E-state index < -0.39 is 0 Å². The molecule has 3 aliphatic heterocycles. The van der Waals surface area contributed by atoms with Crippen LogP contribution in [0.15, 0.2) is 42.5 Å². The topological polar surface area (TPSA) is 74.3 Å². The van der Waals surface area contributed by atoms with Crippen molar-refractivity contribution in [2.45, 2.75) is 18.5 Å². The molecule has 0 aliphatic carbocycles. The van der Waals surface area contributed by atoms with Crippen LogP contribution in [0.1, 0.15) is 18.0 Å². The number of carbonyl (C=O) groups excluding carboxylic acids is 1. The van der Waals surface area contributed by atoms with Crippen LogP contribution in [-0.4, -0.2) is 80.0 Å². The van der Waals surface area contributed by atoms with Gasteiger partial charge in [0.25, 0.3) is 0 Å². The quantitative estimate of drug-likeness (QED) is 0.748. The minimum Gasteiger partial charge on any atom is -0.497 e. The lowest BCUT2D eigenvalue weighted by atomic mass is 9.82. The van der Waals surface area contributed by atoms with Gasteiger partial charge in [-0.3, -0.25) is 9.69 Å². The Morgan fingerprint density at radius 1 is 1.12 bits per heavy atom. The van der Waals surface area contributed by atoms with Gasteiger partial charge < -0.3 is 24.8 Å². The van der Waals surface area contributed by atoms with Crippen molar-refractivity contribution >= 4 is 11.6 Å². The van der Waals surface area contributed by atoms with Crippen molar-refractivity contribution in [3.63, 3.8) is 0 Å². The number of nitrogens with one attached hydrogen (secondary N) is 1. The minimum atomic E-state index is -0.0412. The fourth-order valence-corrected chi connectivity index (χ4v) is 5.35. The number of hydrogen-bond acceptors (Lipinski definition) is 6. The molecule has 7 heteroatoms. The lowest BCUT2D eigenvalue weighted by molar-refractivity contribution is -0.134. The second-order valence-electron chi connectivity index (χ2n) is 8.84. The van der Waals surface area contributed by atoms with Gasteiger partial charge in [-0.15, -0.1) is 0 Å². The molecule has 5 rings (SSSR count). The summed E-state index contributed by atoms with van der Waals surface area (Å²) in [5.74, 6) is 1.20. The Hall–Kier alpha value is -2.61. The van der Waals surface area contributed by atoms with Crippen LogP contribution in [0.4, 0.5) is 5.69 Å². The number of benzene rings is 2. The van der Waals surface area contributed by atoms with E-state index in [2.05, 4.69) is 40.5 Å². The molecule has 0 saturated carbocycles. The Morgan fingerprint density at radius 3 is 2.59 bits per heavy atom. The summed E-state index contributed by atoms with van der Waals surface area (Å²) >= 11 is 0. The van der Waals surface area contributed by atoms with Crippen LogP contribution in [0.5, 0.6) is 5.75 Å². The standard InChI is InChI=1S/C25H31N3O4/c1-31-19-5-2-17(3-6-19)18-4-7-22-21(14-18)25-20(23(16-29)26-22)8-9-28(25)24(30)15-27-10-12-32-13-11-27/h2-7,14,20,23,25-26,29H,8-13,15-16H2,1H3/t20-,23-,25-/m0/s1. The van der Waals surface area contributed by atoms with E-state index in [0.29, 0.717) is 19.8 Å². The summed E-state index contributed by atoms with van der Waals surface area (Å²) in [5.41, 5.74) is 4.37. The number of amides is 1. The first-order chi connectivity index (χ1) is 15.7. The molecule has 0 spiro atoms. The van der Waals surface area contributed by atoms with Crippen molar-refractivity contribution in [3.05, 3.63) is 48.0 Å². The van der Waals surface area contributed by atoms with Crippen molar-refractivity contribution in [2.24, 2.45) is 5.92 Å². The van der Waals surface area contributed by atoms with Gasteiger partial charge in [-0.1, -0.05) is 18.2 Å².